The predicted octanol–water partition coefficient (Wildman–Crippen LogP) is 1.64. The molecular weight excluding hydrogens is 218 g/mol. The maximum atomic E-state index is 10.9. The third kappa shape index (κ3) is 4.19. The van der Waals surface area contributed by atoms with Gasteiger partial charge in [-0.1, -0.05) is 20.8 Å². The average Bonchev–Trinajstić information content (AvgIpc) is 2.53. The maximum Gasteiger partial charge on any atom is 0.339 e. The zero-order valence-corrected chi connectivity index (χ0v) is 10.9. The van der Waals surface area contributed by atoms with Crippen LogP contribution in [0.1, 0.15) is 43.2 Å². The highest BCUT2D eigenvalue weighted by atomic mass is 16.4. The first-order chi connectivity index (χ1) is 7.81. The van der Waals surface area contributed by atoms with E-state index in [1.165, 1.54) is 6.20 Å². The molecule has 5 heteroatoms. The van der Waals surface area contributed by atoms with E-state index in [1.807, 2.05) is 0 Å². The molecule has 0 bridgehead atoms. The predicted molar refractivity (Wildman–Crippen MR) is 65.9 cm³/mol. The van der Waals surface area contributed by atoms with Gasteiger partial charge in [-0.25, -0.2) is 4.79 Å². The van der Waals surface area contributed by atoms with Crippen LogP contribution in [-0.2, 0) is 13.6 Å². The summed E-state index contributed by atoms with van der Waals surface area (Å²) in [5, 5.41) is 16.2. The fraction of sp³-hybridized carbons (Fsp3) is 0.667. The Balaban J connectivity index is 2.52. The van der Waals surface area contributed by atoms with Gasteiger partial charge in [-0.05, 0) is 18.4 Å². The fourth-order valence-corrected chi connectivity index (χ4v) is 1.52. The lowest BCUT2D eigenvalue weighted by molar-refractivity contribution is 0.0695. The van der Waals surface area contributed by atoms with Gasteiger partial charge in [-0.2, -0.15) is 5.10 Å². The van der Waals surface area contributed by atoms with Gasteiger partial charge in [0.05, 0.1) is 11.9 Å². The molecule has 0 aromatic carbocycles. The molecule has 1 aromatic heterocycles. The second-order valence-corrected chi connectivity index (χ2v) is 5.42. The number of hydrogen-bond acceptors (Lipinski definition) is 3. The van der Waals surface area contributed by atoms with Crippen LogP contribution in [0.3, 0.4) is 0 Å². The van der Waals surface area contributed by atoms with Crippen molar-refractivity contribution in [3.05, 3.63) is 17.5 Å². The third-order valence-electron chi connectivity index (χ3n) is 2.64. The topological polar surface area (TPSA) is 67.2 Å². The van der Waals surface area contributed by atoms with Crippen LogP contribution in [0, 0.1) is 5.41 Å². The monoisotopic (exact) mass is 239 g/mol. The first-order valence-corrected chi connectivity index (χ1v) is 5.76. The van der Waals surface area contributed by atoms with Gasteiger partial charge in [0.15, 0.2) is 0 Å². The van der Waals surface area contributed by atoms with E-state index in [2.05, 4.69) is 31.2 Å². The summed E-state index contributed by atoms with van der Waals surface area (Å²) in [5.41, 5.74) is 1.27. The molecule has 0 radical (unpaired) electrons. The average molecular weight is 239 g/mol. The van der Waals surface area contributed by atoms with Gasteiger partial charge in [0.1, 0.15) is 5.56 Å². The minimum absolute atomic E-state index is 0.274. The summed E-state index contributed by atoms with van der Waals surface area (Å²) in [5.74, 6) is -0.925. The lowest BCUT2D eigenvalue weighted by atomic mass is 9.92. The smallest absolute Gasteiger partial charge is 0.339 e. The lowest BCUT2D eigenvalue weighted by Gasteiger charge is -2.18. The molecule has 1 aromatic rings. The number of rotatable bonds is 5. The zero-order valence-electron chi connectivity index (χ0n) is 10.9. The summed E-state index contributed by atoms with van der Waals surface area (Å²) in [4.78, 5) is 10.9. The van der Waals surface area contributed by atoms with Crippen molar-refractivity contribution in [1.29, 1.82) is 0 Å². The number of nitrogens with zero attached hydrogens (tertiary/aromatic N) is 2. The Labute approximate surface area is 102 Å². The van der Waals surface area contributed by atoms with Crippen LogP contribution in [0.4, 0.5) is 0 Å². The third-order valence-corrected chi connectivity index (χ3v) is 2.64. The quantitative estimate of drug-likeness (QED) is 0.767. The fourth-order valence-electron chi connectivity index (χ4n) is 1.52. The second kappa shape index (κ2) is 5.31. The molecule has 0 unspecified atom stereocenters. The van der Waals surface area contributed by atoms with Gasteiger partial charge in [-0.3, -0.25) is 4.68 Å². The van der Waals surface area contributed by atoms with Gasteiger partial charge in [-0.15, -0.1) is 0 Å². The Morgan fingerprint density at radius 2 is 2.18 bits per heavy atom. The summed E-state index contributed by atoms with van der Waals surface area (Å²) >= 11 is 0. The molecular formula is C12H21N3O2. The second-order valence-electron chi connectivity index (χ2n) is 5.42. The first-order valence-electron chi connectivity index (χ1n) is 5.76. The van der Waals surface area contributed by atoms with Gasteiger partial charge < -0.3 is 10.4 Å². The summed E-state index contributed by atoms with van der Waals surface area (Å²) in [6, 6.07) is 0. The number of hydrogen-bond donors (Lipinski definition) is 2. The van der Waals surface area contributed by atoms with E-state index >= 15 is 0 Å². The molecule has 0 saturated heterocycles. The minimum atomic E-state index is -0.925. The minimum Gasteiger partial charge on any atom is -0.478 e. The van der Waals surface area contributed by atoms with Crippen molar-refractivity contribution in [3.8, 4) is 0 Å². The van der Waals surface area contributed by atoms with Crippen molar-refractivity contribution in [2.45, 2.75) is 33.7 Å². The van der Waals surface area contributed by atoms with Crippen molar-refractivity contribution >= 4 is 5.97 Å². The molecule has 0 fully saturated rings. The number of carboxylic acid groups (broad SMARTS) is 1. The number of aromatic nitrogens is 2. The molecule has 0 atom stereocenters. The Bertz CT molecular complexity index is 391. The molecule has 0 amide bonds. The van der Waals surface area contributed by atoms with Crippen LogP contribution in [0.5, 0.6) is 0 Å². The molecule has 0 saturated carbocycles. The number of carbonyl (C=O) groups is 1. The van der Waals surface area contributed by atoms with Crippen LogP contribution < -0.4 is 5.32 Å². The Morgan fingerprint density at radius 1 is 1.53 bits per heavy atom. The van der Waals surface area contributed by atoms with Crippen molar-refractivity contribution in [2.24, 2.45) is 12.5 Å². The highest BCUT2D eigenvalue weighted by Crippen LogP contribution is 2.17. The van der Waals surface area contributed by atoms with Crippen LogP contribution in [0.2, 0.25) is 0 Å². The first kappa shape index (κ1) is 13.7. The van der Waals surface area contributed by atoms with E-state index in [0.29, 0.717) is 12.2 Å². The zero-order chi connectivity index (χ0) is 13.1. The molecule has 0 spiro atoms. The Morgan fingerprint density at radius 3 is 2.71 bits per heavy atom. The molecule has 0 aliphatic carbocycles. The number of nitrogens with one attached hydrogen (secondary N) is 1. The summed E-state index contributed by atoms with van der Waals surface area (Å²) in [6.07, 6.45) is 2.44. The maximum absolute atomic E-state index is 10.9. The van der Waals surface area contributed by atoms with Crippen molar-refractivity contribution in [3.63, 3.8) is 0 Å². The summed E-state index contributed by atoms with van der Waals surface area (Å²) < 4.78 is 1.60. The number of aryl methyl sites for hydroxylation is 1. The molecule has 2 N–H and O–H groups in total. The standard InChI is InChI=1S/C12H21N3O2/c1-12(2,3)5-6-13-8-10-9(11(16)17)7-14-15(10)4/h7,13H,5-6,8H2,1-4H3,(H,16,17). The van der Waals surface area contributed by atoms with Crippen LogP contribution in [0.15, 0.2) is 6.20 Å². The normalized spacial score (nSPS) is 11.8. The molecule has 0 aliphatic rings. The molecule has 17 heavy (non-hydrogen) atoms. The van der Waals surface area contributed by atoms with Crippen LogP contribution in [-0.4, -0.2) is 27.4 Å². The van der Waals surface area contributed by atoms with Gasteiger partial charge in [0.25, 0.3) is 0 Å². The van der Waals surface area contributed by atoms with Crippen molar-refractivity contribution < 1.29 is 9.90 Å². The van der Waals surface area contributed by atoms with E-state index in [0.717, 1.165) is 13.0 Å². The lowest BCUT2D eigenvalue weighted by Crippen LogP contribution is -2.22. The Hall–Kier alpha value is -1.36. The Kier molecular flexibility index (Phi) is 4.28. The molecule has 5 nitrogen and oxygen atoms in total. The van der Waals surface area contributed by atoms with Crippen LogP contribution in [0.25, 0.3) is 0 Å². The highest BCUT2D eigenvalue weighted by Gasteiger charge is 2.15. The molecule has 1 rings (SSSR count). The SMILES string of the molecule is Cn1ncc(C(=O)O)c1CNCCC(C)(C)C. The van der Waals surface area contributed by atoms with Crippen molar-refractivity contribution in [2.75, 3.05) is 6.54 Å². The largest absolute Gasteiger partial charge is 0.478 e. The summed E-state index contributed by atoms with van der Waals surface area (Å²) in [7, 11) is 1.76. The molecule has 96 valence electrons. The van der Waals surface area contributed by atoms with Crippen LogP contribution >= 0.6 is 0 Å². The van der Waals surface area contributed by atoms with E-state index in [9.17, 15) is 4.79 Å². The number of aromatic carboxylic acids is 1. The van der Waals surface area contributed by atoms with E-state index in [-0.39, 0.29) is 11.0 Å². The van der Waals surface area contributed by atoms with Crippen molar-refractivity contribution in [1.82, 2.24) is 15.1 Å². The molecule has 0 aliphatic heterocycles. The number of carboxylic acids is 1. The van der Waals surface area contributed by atoms with E-state index in [1.54, 1.807) is 11.7 Å². The van der Waals surface area contributed by atoms with Gasteiger partial charge in [0.2, 0.25) is 0 Å². The summed E-state index contributed by atoms with van der Waals surface area (Å²) in [6.45, 7) is 7.95. The van der Waals surface area contributed by atoms with Gasteiger partial charge >= 0.3 is 5.97 Å². The van der Waals surface area contributed by atoms with E-state index in [4.69, 9.17) is 5.11 Å². The molecule has 1 heterocycles. The van der Waals surface area contributed by atoms with Gasteiger partial charge in [0, 0.05) is 13.6 Å². The van der Waals surface area contributed by atoms with E-state index < -0.39 is 5.97 Å². The highest BCUT2D eigenvalue weighted by molar-refractivity contribution is 5.88.